The van der Waals surface area contributed by atoms with Gasteiger partial charge in [0.1, 0.15) is 23.0 Å². The number of hydrogen-bond acceptors (Lipinski definition) is 5. The monoisotopic (exact) mass is 451 g/mol. The van der Waals surface area contributed by atoms with Crippen LogP contribution in [0.15, 0.2) is 23.1 Å². The first-order chi connectivity index (χ1) is 15.3. The van der Waals surface area contributed by atoms with Gasteiger partial charge in [-0.25, -0.2) is 13.2 Å². The molecule has 2 bridgehead atoms. The molecule has 1 N–H and O–H groups in total. The molecule has 2 aromatic rings. The van der Waals surface area contributed by atoms with Crippen LogP contribution in [0, 0.1) is 17.5 Å². The summed E-state index contributed by atoms with van der Waals surface area (Å²) < 4.78 is 53.1. The molecule has 11 heteroatoms. The molecule has 1 saturated heterocycles. The lowest BCUT2D eigenvalue weighted by atomic mass is 10.1. The van der Waals surface area contributed by atoms with E-state index in [1.54, 1.807) is 4.90 Å². The van der Waals surface area contributed by atoms with E-state index >= 15 is 0 Å². The van der Waals surface area contributed by atoms with Gasteiger partial charge in [0.05, 0.1) is 19.8 Å². The smallest absolute Gasteiger partial charge is 0.274 e. The largest absolute Gasteiger partial charge is 0.491 e. The van der Waals surface area contributed by atoms with Crippen LogP contribution in [0.2, 0.25) is 0 Å². The topological polar surface area (TPSA) is 89.9 Å². The molecule has 3 heterocycles. The van der Waals surface area contributed by atoms with Crippen molar-refractivity contribution < 1.29 is 32.2 Å². The molecule has 0 spiro atoms. The molecule has 2 aliphatic rings. The summed E-state index contributed by atoms with van der Waals surface area (Å²) in [6.07, 6.45) is 1.89. The molecular weight excluding hydrogens is 431 g/mol. The fourth-order valence-corrected chi connectivity index (χ4v) is 3.94. The van der Waals surface area contributed by atoms with Crippen LogP contribution in [0.1, 0.15) is 38.9 Å². The Morgan fingerprint density at radius 3 is 2.66 bits per heavy atom. The number of methoxy groups -OCH3 is 1. The molecule has 1 aromatic heterocycles. The third kappa shape index (κ3) is 3.83. The summed E-state index contributed by atoms with van der Waals surface area (Å²) in [5.74, 6) is -5.03. The Labute approximate surface area is 180 Å². The van der Waals surface area contributed by atoms with E-state index in [2.05, 4.69) is 5.32 Å². The maximum atomic E-state index is 13.9. The maximum absolute atomic E-state index is 13.9. The average molecular weight is 451 g/mol. The lowest BCUT2D eigenvalue weighted by molar-refractivity contribution is 0.0323. The minimum Gasteiger partial charge on any atom is -0.491 e. The van der Waals surface area contributed by atoms with E-state index in [1.165, 1.54) is 17.9 Å². The zero-order valence-electron chi connectivity index (χ0n) is 17.1. The number of nitrogens with zero attached hydrogens (tertiary/aromatic N) is 2. The molecule has 4 rings (SSSR count). The molecule has 1 fully saturated rings. The van der Waals surface area contributed by atoms with Crippen molar-refractivity contribution in [1.82, 2.24) is 14.8 Å². The van der Waals surface area contributed by atoms with Crippen molar-refractivity contribution in [1.29, 1.82) is 0 Å². The molecule has 32 heavy (non-hydrogen) atoms. The average Bonchev–Trinajstić information content (AvgIpc) is 2.72. The van der Waals surface area contributed by atoms with Gasteiger partial charge in [-0.05, 0) is 6.42 Å². The van der Waals surface area contributed by atoms with Crippen LogP contribution in [0.4, 0.5) is 13.2 Å². The molecule has 0 saturated carbocycles. The summed E-state index contributed by atoms with van der Waals surface area (Å²) in [5.41, 5.74) is -1.73. The van der Waals surface area contributed by atoms with E-state index in [-0.39, 0.29) is 35.6 Å². The normalized spacial score (nSPS) is 17.9. The molecule has 0 aliphatic carbocycles. The second-order valence-electron chi connectivity index (χ2n) is 7.53. The van der Waals surface area contributed by atoms with Gasteiger partial charge < -0.3 is 24.3 Å². The fourth-order valence-electron chi connectivity index (χ4n) is 3.94. The highest BCUT2D eigenvalue weighted by molar-refractivity contribution is 5.99. The van der Waals surface area contributed by atoms with Gasteiger partial charge in [-0.1, -0.05) is 0 Å². The number of carbonyl (C=O) groups excluding carboxylic acids is 2. The van der Waals surface area contributed by atoms with E-state index < -0.39 is 40.9 Å². The molecule has 170 valence electrons. The molecule has 0 radical (unpaired) electrons. The molecule has 1 atom stereocenters. The van der Waals surface area contributed by atoms with Crippen molar-refractivity contribution >= 4 is 11.8 Å². The summed E-state index contributed by atoms with van der Waals surface area (Å²) in [5, 5.41) is 2.27. The van der Waals surface area contributed by atoms with Gasteiger partial charge in [-0.3, -0.25) is 14.4 Å². The Morgan fingerprint density at radius 1 is 1.25 bits per heavy atom. The first-order valence-electron chi connectivity index (χ1n) is 9.93. The Hall–Kier alpha value is -3.34. The molecule has 8 nitrogen and oxygen atoms in total. The Kier molecular flexibility index (Phi) is 5.92. The lowest BCUT2D eigenvalue weighted by Crippen LogP contribution is -2.48. The SMILES string of the molecule is COc1c2n(cc(C(=O)NCc3c(F)cc(F)cc3F)c1=O)C1COCCCN(C1)C2=O. The summed E-state index contributed by atoms with van der Waals surface area (Å²) in [4.78, 5) is 40.2. The fraction of sp³-hybridized carbons (Fsp3) is 0.381. The number of nitrogens with one attached hydrogen (secondary N) is 1. The number of halogens is 3. The highest BCUT2D eigenvalue weighted by Crippen LogP contribution is 2.28. The van der Waals surface area contributed by atoms with Crippen LogP contribution in [0.5, 0.6) is 5.75 Å². The highest BCUT2D eigenvalue weighted by atomic mass is 19.1. The third-order valence-corrected chi connectivity index (χ3v) is 5.51. The van der Waals surface area contributed by atoms with E-state index in [0.717, 1.165) is 0 Å². The van der Waals surface area contributed by atoms with E-state index in [4.69, 9.17) is 9.47 Å². The van der Waals surface area contributed by atoms with Crippen molar-refractivity contribution in [2.45, 2.75) is 19.0 Å². The standard InChI is InChI=1S/C21H20F3N3O5/c1-31-19-17-21(30)26-3-2-4-32-10-12(8-26)27(17)9-14(18(19)28)20(29)25-7-13-15(23)5-11(22)6-16(13)24/h5-6,9,12H,2-4,7-8,10H2,1H3,(H,25,29). The van der Waals surface area contributed by atoms with Gasteiger partial charge in [0.2, 0.25) is 5.43 Å². The highest BCUT2D eigenvalue weighted by Gasteiger charge is 2.36. The maximum Gasteiger partial charge on any atom is 0.274 e. The van der Waals surface area contributed by atoms with Gasteiger partial charge >= 0.3 is 0 Å². The zero-order valence-corrected chi connectivity index (χ0v) is 17.1. The number of aromatic nitrogens is 1. The van der Waals surface area contributed by atoms with Gasteiger partial charge in [-0.2, -0.15) is 0 Å². The van der Waals surface area contributed by atoms with Gasteiger partial charge in [-0.15, -0.1) is 0 Å². The van der Waals surface area contributed by atoms with E-state index in [9.17, 15) is 27.6 Å². The third-order valence-electron chi connectivity index (χ3n) is 5.51. The quantitative estimate of drug-likeness (QED) is 0.763. The van der Waals surface area contributed by atoms with Gasteiger partial charge in [0.25, 0.3) is 11.8 Å². The number of amides is 2. The second kappa shape index (κ2) is 8.65. The number of hydrogen-bond donors (Lipinski definition) is 1. The van der Waals surface area contributed by atoms with Gasteiger partial charge in [0.15, 0.2) is 11.4 Å². The summed E-state index contributed by atoms with van der Waals surface area (Å²) >= 11 is 0. The number of pyridine rings is 1. The Morgan fingerprint density at radius 2 is 1.97 bits per heavy atom. The summed E-state index contributed by atoms with van der Waals surface area (Å²) in [7, 11) is 1.21. The summed E-state index contributed by atoms with van der Waals surface area (Å²) in [6, 6.07) is 0.636. The number of ether oxygens (including phenoxy) is 2. The van der Waals surface area contributed by atoms with Crippen molar-refractivity contribution in [3.63, 3.8) is 0 Å². The second-order valence-corrected chi connectivity index (χ2v) is 7.53. The number of fused-ring (bicyclic) bond motifs is 4. The minimum atomic E-state index is -1.17. The van der Waals surface area contributed by atoms with Crippen molar-refractivity contribution in [3.8, 4) is 5.75 Å². The van der Waals surface area contributed by atoms with E-state index in [0.29, 0.717) is 38.2 Å². The molecular formula is C21H20F3N3O5. The summed E-state index contributed by atoms with van der Waals surface area (Å²) in [6.45, 7) is 0.916. The predicted octanol–water partition coefficient (Wildman–Crippen LogP) is 1.62. The van der Waals surface area contributed by atoms with Crippen molar-refractivity contribution in [2.75, 3.05) is 33.4 Å². The van der Waals surface area contributed by atoms with Crippen molar-refractivity contribution in [3.05, 3.63) is 62.8 Å². The van der Waals surface area contributed by atoms with Crippen LogP contribution in [-0.2, 0) is 11.3 Å². The van der Waals surface area contributed by atoms with Crippen LogP contribution in [-0.4, -0.2) is 54.7 Å². The van der Waals surface area contributed by atoms with Crippen LogP contribution < -0.4 is 15.5 Å². The zero-order chi connectivity index (χ0) is 23.0. The first-order valence-corrected chi connectivity index (χ1v) is 9.93. The van der Waals surface area contributed by atoms with E-state index in [1.807, 2.05) is 0 Å². The van der Waals surface area contributed by atoms with Gasteiger partial charge in [0, 0.05) is 50.1 Å². The van der Waals surface area contributed by atoms with Crippen molar-refractivity contribution in [2.24, 2.45) is 0 Å². The Bertz CT molecular complexity index is 1130. The lowest BCUT2D eigenvalue weighted by Gasteiger charge is -2.38. The number of benzene rings is 1. The molecule has 2 amide bonds. The number of rotatable bonds is 4. The minimum absolute atomic E-state index is 0.0198. The molecule has 2 aliphatic heterocycles. The van der Waals surface area contributed by atoms with Crippen LogP contribution in [0.25, 0.3) is 0 Å². The van der Waals surface area contributed by atoms with Crippen LogP contribution >= 0.6 is 0 Å². The molecule has 1 aromatic carbocycles. The molecule has 1 unspecified atom stereocenters. The first kappa shape index (κ1) is 21.9. The van der Waals surface area contributed by atoms with Crippen LogP contribution in [0.3, 0.4) is 0 Å². The number of carbonyl (C=O) groups is 2. The predicted molar refractivity (Wildman–Crippen MR) is 105 cm³/mol. The Balaban J connectivity index is 1.70.